The van der Waals surface area contributed by atoms with E-state index < -0.39 is 11.5 Å². The van der Waals surface area contributed by atoms with Gasteiger partial charge in [-0.1, -0.05) is 24.8 Å². The number of nitrogens with two attached hydrogens (primary N) is 1. The van der Waals surface area contributed by atoms with Crippen LogP contribution < -0.4 is 5.73 Å². The van der Waals surface area contributed by atoms with Crippen molar-refractivity contribution in [2.75, 3.05) is 0 Å². The van der Waals surface area contributed by atoms with Crippen LogP contribution in [-0.2, 0) is 4.79 Å². The SMILES string of the molecule is C=C(C(N)=O)C1(O)[CH]C=CC=C1. The highest BCUT2D eigenvalue weighted by Gasteiger charge is 2.30. The first kappa shape index (κ1) is 8.74. The average molecular weight is 164 g/mol. The molecule has 0 heterocycles. The summed E-state index contributed by atoms with van der Waals surface area (Å²) in [7, 11) is 0. The predicted octanol–water partition coefficient (Wildman–Crippen LogP) is 0.0893. The monoisotopic (exact) mass is 164 g/mol. The first-order chi connectivity index (χ1) is 5.56. The van der Waals surface area contributed by atoms with E-state index in [1.54, 1.807) is 18.2 Å². The Labute approximate surface area is 70.9 Å². The Balaban J connectivity index is 2.86. The summed E-state index contributed by atoms with van der Waals surface area (Å²) in [6, 6.07) is 0. The third-order valence-corrected chi connectivity index (χ3v) is 1.70. The summed E-state index contributed by atoms with van der Waals surface area (Å²) >= 11 is 0. The van der Waals surface area contributed by atoms with Crippen LogP contribution in [-0.4, -0.2) is 16.6 Å². The van der Waals surface area contributed by atoms with Crippen LogP contribution in [0.15, 0.2) is 36.5 Å². The fourth-order valence-corrected chi connectivity index (χ4v) is 0.923. The topological polar surface area (TPSA) is 63.3 Å². The Morgan fingerprint density at radius 1 is 1.42 bits per heavy atom. The Hall–Kier alpha value is -1.35. The summed E-state index contributed by atoms with van der Waals surface area (Å²) in [5, 5.41) is 9.72. The number of hydrogen-bond acceptors (Lipinski definition) is 2. The van der Waals surface area contributed by atoms with Crippen molar-refractivity contribution in [2.24, 2.45) is 5.73 Å². The minimum Gasteiger partial charge on any atom is -0.380 e. The van der Waals surface area contributed by atoms with E-state index in [4.69, 9.17) is 5.73 Å². The molecule has 0 spiro atoms. The standard InChI is InChI=1S/C9H10NO2/c1-7(8(10)11)9(12)5-3-2-4-6-9/h2-6,12H,1H2,(H2,10,11). The highest BCUT2D eigenvalue weighted by molar-refractivity contribution is 5.94. The molecule has 3 nitrogen and oxygen atoms in total. The third-order valence-electron chi connectivity index (χ3n) is 1.70. The van der Waals surface area contributed by atoms with Crippen molar-refractivity contribution < 1.29 is 9.90 Å². The number of carbonyl (C=O) groups is 1. The van der Waals surface area contributed by atoms with E-state index in [0.29, 0.717) is 0 Å². The van der Waals surface area contributed by atoms with Crippen LogP contribution in [0, 0.1) is 6.42 Å². The quantitative estimate of drug-likeness (QED) is 0.568. The lowest BCUT2D eigenvalue weighted by atomic mass is 9.88. The van der Waals surface area contributed by atoms with Crippen molar-refractivity contribution in [1.29, 1.82) is 0 Å². The van der Waals surface area contributed by atoms with Crippen LogP contribution in [0.4, 0.5) is 0 Å². The molecule has 3 heteroatoms. The van der Waals surface area contributed by atoms with Crippen LogP contribution >= 0.6 is 0 Å². The second-order valence-electron chi connectivity index (χ2n) is 2.58. The molecule has 0 aliphatic heterocycles. The fraction of sp³-hybridized carbons (Fsp3) is 0.111. The molecule has 1 aliphatic rings. The zero-order valence-electron chi connectivity index (χ0n) is 6.53. The lowest BCUT2D eigenvalue weighted by molar-refractivity contribution is -0.115. The maximum atomic E-state index is 10.7. The van der Waals surface area contributed by atoms with Crippen molar-refractivity contribution >= 4 is 5.91 Å². The molecule has 1 unspecified atom stereocenters. The van der Waals surface area contributed by atoms with Gasteiger partial charge in [0, 0.05) is 12.0 Å². The first-order valence-electron chi connectivity index (χ1n) is 3.48. The van der Waals surface area contributed by atoms with Gasteiger partial charge in [0.25, 0.3) is 0 Å². The van der Waals surface area contributed by atoms with E-state index in [9.17, 15) is 9.90 Å². The number of aliphatic hydroxyl groups is 1. The summed E-state index contributed by atoms with van der Waals surface area (Å²) in [6.07, 6.45) is 7.92. The zero-order valence-corrected chi connectivity index (χ0v) is 6.53. The van der Waals surface area contributed by atoms with Crippen molar-refractivity contribution in [3.8, 4) is 0 Å². The summed E-state index contributed by atoms with van der Waals surface area (Å²) in [5.74, 6) is -0.700. The van der Waals surface area contributed by atoms with E-state index in [2.05, 4.69) is 6.58 Å². The van der Waals surface area contributed by atoms with Gasteiger partial charge in [-0.05, 0) is 6.08 Å². The number of carbonyl (C=O) groups excluding carboxylic acids is 1. The van der Waals surface area contributed by atoms with Crippen molar-refractivity contribution in [2.45, 2.75) is 5.60 Å². The Bertz CT molecular complexity index is 278. The van der Waals surface area contributed by atoms with Crippen LogP contribution in [0.1, 0.15) is 0 Å². The van der Waals surface area contributed by atoms with Crippen molar-refractivity contribution in [3.63, 3.8) is 0 Å². The summed E-state index contributed by atoms with van der Waals surface area (Å²) in [5.41, 5.74) is 3.55. The molecule has 0 aromatic rings. The van der Waals surface area contributed by atoms with Gasteiger partial charge in [0.05, 0.1) is 0 Å². The molecule has 12 heavy (non-hydrogen) atoms. The molecule has 0 saturated heterocycles. The van der Waals surface area contributed by atoms with Gasteiger partial charge < -0.3 is 10.8 Å². The van der Waals surface area contributed by atoms with E-state index >= 15 is 0 Å². The van der Waals surface area contributed by atoms with Gasteiger partial charge in [-0.3, -0.25) is 4.79 Å². The number of allylic oxidation sites excluding steroid dienone is 2. The molecule has 63 valence electrons. The number of amides is 1. The van der Waals surface area contributed by atoms with Gasteiger partial charge in [0.15, 0.2) is 0 Å². The largest absolute Gasteiger partial charge is 0.380 e. The maximum Gasteiger partial charge on any atom is 0.247 e. The Kier molecular flexibility index (Phi) is 2.15. The Morgan fingerprint density at radius 2 is 2.08 bits per heavy atom. The molecule has 1 amide bonds. The highest BCUT2D eigenvalue weighted by atomic mass is 16.3. The molecule has 1 aliphatic carbocycles. The summed E-state index contributed by atoms with van der Waals surface area (Å²) < 4.78 is 0. The molecular formula is C9H10NO2. The molecule has 0 bridgehead atoms. The highest BCUT2D eigenvalue weighted by Crippen LogP contribution is 2.23. The lowest BCUT2D eigenvalue weighted by Crippen LogP contribution is -2.36. The predicted molar refractivity (Wildman–Crippen MR) is 45.9 cm³/mol. The van der Waals surface area contributed by atoms with E-state index in [1.165, 1.54) is 12.5 Å². The molecule has 0 aromatic carbocycles. The summed E-state index contributed by atoms with van der Waals surface area (Å²) in [4.78, 5) is 10.7. The number of rotatable bonds is 2. The average Bonchev–Trinajstić information content (AvgIpc) is 2.04. The van der Waals surface area contributed by atoms with Crippen LogP contribution in [0.3, 0.4) is 0 Å². The molecule has 3 N–H and O–H groups in total. The van der Waals surface area contributed by atoms with Gasteiger partial charge in [-0.25, -0.2) is 0 Å². The first-order valence-corrected chi connectivity index (χ1v) is 3.48. The van der Waals surface area contributed by atoms with Crippen LogP contribution in [0.25, 0.3) is 0 Å². The molecule has 1 atom stereocenters. The zero-order chi connectivity index (χ0) is 9.19. The van der Waals surface area contributed by atoms with Gasteiger partial charge in [0.2, 0.25) is 5.91 Å². The smallest absolute Gasteiger partial charge is 0.247 e. The molecule has 1 radical (unpaired) electrons. The number of primary amides is 1. The normalized spacial score (nSPS) is 27.1. The molecule has 0 saturated carbocycles. The van der Waals surface area contributed by atoms with Gasteiger partial charge >= 0.3 is 0 Å². The lowest BCUT2D eigenvalue weighted by Gasteiger charge is -2.24. The third kappa shape index (κ3) is 1.46. The maximum absolute atomic E-state index is 10.7. The fourth-order valence-electron chi connectivity index (χ4n) is 0.923. The van der Waals surface area contributed by atoms with Crippen LogP contribution in [0.2, 0.25) is 0 Å². The van der Waals surface area contributed by atoms with Crippen LogP contribution in [0.5, 0.6) is 0 Å². The van der Waals surface area contributed by atoms with E-state index in [1.807, 2.05) is 0 Å². The van der Waals surface area contributed by atoms with Gasteiger partial charge in [-0.15, -0.1) is 0 Å². The van der Waals surface area contributed by atoms with Gasteiger partial charge in [-0.2, -0.15) is 0 Å². The number of hydrogen-bond donors (Lipinski definition) is 2. The van der Waals surface area contributed by atoms with Crippen molar-refractivity contribution in [3.05, 3.63) is 42.9 Å². The molecule has 1 rings (SSSR count). The minimum absolute atomic E-state index is 0.0249. The van der Waals surface area contributed by atoms with Crippen molar-refractivity contribution in [1.82, 2.24) is 0 Å². The Morgan fingerprint density at radius 3 is 2.50 bits per heavy atom. The minimum atomic E-state index is -1.40. The second kappa shape index (κ2) is 2.95. The molecule has 0 fully saturated rings. The second-order valence-corrected chi connectivity index (χ2v) is 2.58. The van der Waals surface area contributed by atoms with E-state index in [-0.39, 0.29) is 5.57 Å². The summed E-state index contributed by atoms with van der Waals surface area (Å²) in [6.45, 7) is 3.41. The van der Waals surface area contributed by atoms with Gasteiger partial charge in [0.1, 0.15) is 5.60 Å². The molecular weight excluding hydrogens is 154 g/mol. The van der Waals surface area contributed by atoms with E-state index in [0.717, 1.165) is 0 Å². The molecule has 0 aromatic heterocycles.